The highest BCUT2D eigenvalue weighted by Crippen LogP contribution is 2.36. The van der Waals surface area contributed by atoms with Crippen molar-refractivity contribution >= 4 is 17.1 Å². The Morgan fingerprint density at radius 3 is 2.44 bits per heavy atom. The summed E-state index contributed by atoms with van der Waals surface area (Å²) in [6.07, 6.45) is 3.81. The van der Waals surface area contributed by atoms with Crippen molar-refractivity contribution < 1.29 is 19.1 Å². The Hall–Kier alpha value is -2.36. The van der Waals surface area contributed by atoms with Crippen LogP contribution in [0.3, 0.4) is 0 Å². The zero-order chi connectivity index (χ0) is 13.1. The van der Waals surface area contributed by atoms with Gasteiger partial charge in [-0.1, -0.05) is 12.1 Å². The summed E-state index contributed by atoms with van der Waals surface area (Å²) in [4.78, 5) is 23.2. The van der Waals surface area contributed by atoms with Crippen LogP contribution >= 0.6 is 0 Å². The van der Waals surface area contributed by atoms with E-state index in [0.29, 0.717) is 22.6 Å². The molecule has 2 rings (SSSR count). The van der Waals surface area contributed by atoms with Gasteiger partial charge in [0.15, 0.2) is 23.1 Å². The quantitative estimate of drug-likeness (QED) is 0.761. The molecule has 92 valence electrons. The molecular formula is C14H12O4. The second kappa shape index (κ2) is 4.87. The zero-order valence-electron chi connectivity index (χ0n) is 10.1. The van der Waals surface area contributed by atoms with E-state index >= 15 is 0 Å². The van der Waals surface area contributed by atoms with E-state index < -0.39 is 0 Å². The Labute approximate surface area is 105 Å². The average molecular weight is 244 g/mol. The predicted molar refractivity (Wildman–Crippen MR) is 66.7 cm³/mol. The Morgan fingerprint density at radius 1 is 1.00 bits per heavy atom. The fraction of sp³-hybridized carbons (Fsp3) is 0.143. The van der Waals surface area contributed by atoms with E-state index in [1.54, 1.807) is 18.2 Å². The summed E-state index contributed by atoms with van der Waals surface area (Å²) < 4.78 is 10.4. The molecular weight excluding hydrogens is 232 g/mol. The lowest BCUT2D eigenvalue weighted by atomic mass is 9.95. The third-order valence-corrected chi connectivity index (χ3v) is 2.64. The second-order valence-electron chi connectivity index (χ2n) is 3.70. The Kier molecular flexibility index (Phi) is 3.28. The van der Waals surface area contributed by atoms with Gasteiger partial charge in [-0.05, 0) is 24.3 Å². The van der Waals surface area contributed by atoms with Crippen molar-refractivity contribution in [2.24, 2.45) is 0 Å². The van der Waals surface area contributed by atoms with Crippen LogP contribution in [-0.2, 0) is 9.59 Å². The lowest BCUT2D eigenvalue weighted by Crippen LogP contribution is -2.08. The summed E-state index contributed by atoms with van der Waals surface area (Å²) in [6, 6.07) is 5.19. The first-order chi connectivity index (χ1) is 8.67. The molecule has 0 atom stereocenters. The molecule has 0 saturated carbocycles. The number of allylic oxidation sites excluding steroid dienone is 4. The monoisotopic (exact) mass is 244 g/mol. The van der Waals surface area contributed by atoms with Gasteiger partial charge in [0.05, 0.1) is 14.2 Å². The Bertz CT molecular complexity index is 567. The molecule has 1 aliphatic carbocycles. The number of ether oxygens (including phenoxy) is 2. The van der Waals surface area contributed by atoms with Crippen LogP contribution in [0, 0.1) is 0 Å². The third-order valence-electron chi connectivity index (χ3n) is 2.64. The van der Waals surface area contributed by atoms with Gasteiger partial charge in [0.1, 0.15) is 0 Å². The van der Waals surface area contributed by atoms with Crippen molar-refractivity contribution in [2.45, 2.75) is 0 Å². The maximum Gasteiger partial charge on any atom is 0.186 e. The van der Waals surface area contributed by atoms with Gasteiger partial charge in [-0.15, -0.1) is 0 Å². The van der Waals surface area contributed by atoms with Crippen LogP contribution in [0.2, 0.25) is 0 Å². The van der Waals surface area contributed by atoms with Crippen LogP contribution < -0.4 is 9.47 Å². The topological polar surface area (TPSA) is 52.6 Å². The van der Waals surface area contributed by atoms with E-state index in [1.807, 2.05) is 0 Å². The van der Waals surface area contributed by atoms with Gasteiger partial charge in [-0.25, -0.2) is 0 Å². The van der Waals surface area contributed by atoms with E-state index in [4.69, 9.17) is 9.47 Å². The van der Waals surface area contributed by atoms with Crippen LogP contribution in [-0.4, -0.2) is 25.8 Å². The van der Waals surface area contributed by atoms with E-state index in [2.05, 4.69) is 0 Å². The van der Waals surface area contributed by atoms with Gasteiger partial charge < -0.3 is 9.47 Å². The first-order valence-electron chi connectivity index (χ1n) is 5.37. The number of methoxy groups -OCH3 is 2. The number of ketones is 2. The molecule has 0 aliphatic heterocycles. The highest BCUT2D eigenvalue weighted by atomic mass is 16.5. The van der Waals surface area contributed by atoms with Gasteiger partial charge in [0.2, 0.25) is 0 Å². The number of benzene rings is 1. The molecule has 0 spiro atoms. The maximum atomic E-state index is 11.8. The minimum atomic E-state index is -0.221. The lowest BCUT2D eigenvalue weighted by Gasteiger charge is -2.14. The molecule has 0 unspecified atom stereocenters. The summed E-state index contributed by atoms with van der Waals surface area (Å²) in [5.74, 6) is 0.532. The SMILES string of the molecule is COc1cccc(C2=CC(=O)C=CC2=O)c1OC. The zero-order valence-corrected chi connectivity index (χ0v) is 10.1. The molecule has 0 bridgehead atoms. The number of hydrogen-bond donors (Lipinski definition) is 0. The van der Waals surface area contributed by atoms with Crippen LogP contribution in [0.4, 0.5) is 0 Å². The summed E-state index contributed by atoms with van der Waals surface area (Å²) in [5, 5.41) is 0. The lowest BCUT2D eigenvalue weighted by molar-refractivity contribution is -0.113. The van der Waals surface area contributed by atoms with Crippen molar-refractivity contribution in [2.75, 3.05) is 14.2 Å². The molecule has 0 heterocycles. The molecule has 0 saturated heterocycles. The molecule has 0 N–H and O–H groups in total. The standard InChI is InChI=1S/C14H12O4/c1-17-13-5-3-4-10(14(13)18-2)11-8-9(15)6-7-12(11)16/h3-8H,1-2H3. The second-order valence-corrected chi connectivity index (χ2v) is 3.70. The summed E-state index contributed by atoms with van der Waals surface area (Å²) in [6.45, 7) is 0. The largest absolute Gasteiger partial charge is 0.493 e. The molecule has 0 radical (unpaired) electrons. The van der Waals surface area contributed by atoms with Crippen molar-refractivity contribution in [3.8, 4) is 11.5 Å². The first-order valence-corrected chi connectivity index (χ1v) is 5.37. The average Bonchev–Trinajstić information content (AvgIpc) is 2.40. The number of para-hydroxylation sites is 1. The van der Waals surface area contributed by atoms with Gasteiger partial charge >= 0.3 is 0 Å². The highest BCUT2D eigenvalue weighted by Gasteiger charge is 2.20. The van der Waals surface area contributed by atoms with E-state index in [9.17, 15) is 9.59 Å². The van der Waals surface area contributed by atoms with Gasteiger partial charge in [-0.3, -0.25) is 9.59 Å². The van der Waals surface area contributed by atoms with Crippen molar-refractivity contribution in [3.63, 3.8) is 0 Å². The number of rotatable bonds is 3. The highest BCUT2D eigenvalue weighted by molar-refractivity contribution is 6.34. The van der Waals surface area contributed by atoms with Crippen LogP contribution in [0.15, 0.2) is 36.4 Å². The van der Waals surface area contributed by atoms with Crippen molar-refractivity contribution in [1.82, 2.24) is 0 Å². The first kappa shape index (κ1) is 12.1. The van der Waals surface area contributed by atoms with Crippen LogP contribution in [0.25, 0.3) is 5.57 Å². The molecule has 18 heavy (non-hydrogen) atoms. The predicted octanol–water partition coefficient (Wildman–Crippen LogP) is 1.80. The number of carbonyl (C=O) groups excluding carboxylic acids is 2. The maximum absolute atomic E-state index is 11.8. The summed E-state index contributed by atoms with van der Waals surface area (Å²) >= 11 is 0. The van der Waals surface area contributed by atoms with Crippen molar-refractivity contribution in [3.05, 3.63) is 42.0 Å². The fourth-order valence-corrected chi connectivity index (χ4v) is 1.82. The van der Waals surface area contributed by atoms with Crippen LogP contribution in [0.1, 0.15) is 5.56 Å². The molecule has 4 nitrogen and oxygen atoms in total. The van der Waals surface area contributed by atoms with Gasteiger partial charge in [-0.2, -0.15) is 0 Å². The van der Waals surface area contributed by atoms with Gasteiger partial charge in [0, 0.05) is 11.1 Å². The molecule has 1 aliphatic rings. The van der Waals surface area contributed by atoms with Gasteiger partial charge in [0.25, 0.3) is 0 Å². The normalized spacial score (nSPS) is 14.4. The third kappa shape index (κ3) is 2.05. The van der Waals surface area contributed by atoms with E-state index in [-0.39, 0.29) is 11.6 Å². The molecule has 4 heteroatoms. The molecule has 0 fully saturated rings. The molecule has 0 amide bonds. The molecule has 1 aromatic rings. The molecule has 1 aromatic carbocycles. The number of carbonyl (C=O) groups is 2. The van der Waals surface area contributed by atoms with E-state index in [1.165, 1.54) is 32.4 Å². The minimum absolute atomic E-state index is 0.213. The number of hydrogen-bond acceptors (Lipinski definition) is 4. The Balaban J connectivity index is 2.58. The summed E-state index contributed by atoms with van der Waals surface area (Å²) in [7, 11) is 3.01. The fourth-order valence-electron chi connectivity index (χ4n) is 1.82. The smallest absolute Gasteiger partial charge is 0.186 e. The molecule has 0 aromatic heterocycles. The van der Waals surface area contributed by atoms with Crippen LogP contribution in [0.5, 0.6) is 11.5 Å². The Morgan fingerprint density at radius 2 is 1.78 bits per heavy atom. The minimum Gasteiger partial charge on any atom is -0.493 e. The van der Waals surface area contributed by atoms with Crippen molar-refractivity contribution in [1.29, 1.82) is 0 Å². The van der Waals surface area contributed by atoms with E-state index in [0.717, 1.165) is 0 Å². The summed E-state index contributed by atoms with van der Waals surface area (Å²) in [5.41, 5.74) is 0.873.